The van der Waals surface area contributed by atoms with Crippen LogP contribution in [0.25, 0.3) is 0 Å². The third-order valence-electron chi connectivity index (χ3n) is 5.36. The number of carbonyl (C=O) groups excluding carboxylic acids is 1. The molecule has 1 aromatic heterocycles. The van der Waals surface area contributed by atoms with Crippen molar-refractivity contribution in [3.63, 3.8) is 0 Å². The van der Waals surface area contributed by atoms with E-state index < -0.39 is 0 Å². The summed E-state index contributed by atoms with van der Waals surface area (Å²) in [5, 5.41) is 1.06. The van der Waals surface area contributed by atoms with Crippen LogP contribution < -0.4 is 10.5 Å². The molecule has 0 unspecified atom stereocenters. The Morgan fingerprint density at radius 3 is 2.62 bits per heavy atom. The number of thioether (sulfide) groups is 2. The minimum atomic E-state index is 0.0401. The molecule has 1 amide bonds. The molecule has 0 spiro atoms. The Morgan fingerprint density at radius 2 is 1.93 bits per heavy atom. The molecule has 1 saturated heterocycles. The van der Waals surface area contributed by atoms with Gasteiger partial charge in [0, 0.05) is 50.1 Å². The molecule has 0 saturated carbocycles. The lowest BCUT2D eigenvalue weighted by Crippen LogP contribution is -2.49. The third-order valence-corrected chi connectivity index (χ3v) is 7.53. The zero-order chi connectivity index (χ0) is 20.4. The van der Waals surface area contributed by atoms with E-state index in [1.54, 1.807) is 16.3 Å². The van der Waals surface area contributed by atoms with Crippen LogP contribution in [0.15, 0.2) is 45.2 Å². The summed E-state index contributed by atoms with van der Waals surface area (Å²) < 4.78 is 1.70. The number of aromatic nitrogens is 2. The van der Waals surface area contributed by atoms with Gasteiger partial charge in [-0.25, -0.2) is 4.98 Å². The summed E-state index contributed by atoms with van der Waals surface area (Å²) in [5.41, 5.74) is 2.14. The Labute approximate surface area is 179 Å². The molecule has 2 aliphatic heterocycles. The summed E-state index contributed by atoms with van der Waals surface area (Å²) in [7, 11) is 0. The van der Waals surface area contributed by atoms with Gasteiger partial charge in [-0.1, -0.05) is 36.9 Å². The zero-order valence-corrected chi connectivity index (χ0v) is 18.5. The minimum absolute atomic E-state index is 0.0401. The summed E-state index contributed by atoms with van der Waals surface area (Å²) in [6.07, 6.45) is 0.822. The quantitative estimate of drug-likeness (QED) is 0.537. The van der Waals surface area contributed by atoms with Crippen LogP contribution in [0.1, 0.15) is 19.5 Å². The standard InChI is InChI=1S/C21H26N4O2S2/c1-3-25-20(27)19-17(13-15(2)29-19)22-21(25)28-14-18(26)24-11-9-23(10-12-24)16-7-5-4-6-8-16/h4-8,15H,3,9-14H2,1-2H3/t15-/m1/s1. The number of fused-ring (bicyclic) bond motifs is 1. The molecule has 0 radical (unpaired) electrons. The van der Waals surface area contributed by atoms with E-state index in [4.69, 9.17) is 4.98 Å². The third kappa shape index (κ3) is 4.33. The molecule has 0 bridgehead atoms. The van der Waals surface area contributed by atoms with E-state index in [1.807, 2.05) is 30.0 Å². The van der Waals surface area contributed by atoms with Gasteiger partial charge >= 0.3 is 0 Å². The van der Waals surface area contributed by atoms with Crippen LogP contribution >= 0.6 is 23.5 Å². The van der Waals surface area contributed by atoms with E-state index in [1.165, 1.54) is 17.4 Å². The highest BCUT2D eigenvalue weighted by molar-refractivity contribution is 8.00. The van der Waals surface area contributed by atoms with Crippen LogP contribution in [0.5, 0.6) is 0 Å². The Morgan fingerprint density at radius 1 is 1.21 bits per heavy atom. The number of para-hydroxylation sites is 1. The highest BCUT2D eigenvalue weighted by atomic mass is 32.2. The van der Waals surface area contributed by atoms with Gasteiger partial charge in [-0.15, -0.1) is 11.8 Å². The van der Waals surface area contributed by atoms with Crippen LogP contribution in [0.4, 0.5) is 5.69 Å². The molecule has 154 valence electrons. The second-order valence-electron chi connectivity index (χ2n) is 7.34. The maximum Gasteiger partial charge on any atom is 0.268 e. The first-order chi connectivity index (χ1) is 14.1. The van der Waals surface area contributed by atoms with Crippen molar-refractivity contribution in [3.8, 4) is 0 Å². The number of piperazine rings is 1. The molecular formula is C21H26N4O2S2. The van der Waals surface area contributed by atoms with Crippen molar-refractivity contribution in [2.45, 2.75) is 42.1 Å². The second-order valence-corrected chi connectivity index (χ2v) is 9.74. The molecule has 4 rings (SSSR count). The van der Waals surface area contributed by atoms with Crippen molar-refractivity contribution in [1.82, 2.24) is 14.5 Å². The van der Waals surface area contributed by atoms with Gasteiger partial charge in [0.2, 0.25) is 5.91 Å². The molecule has 6 nitrogen and oxygen atoms in total. The molecular weight excluding hydrogens is 404 g/mol. The smallest absolute Gasteiger partial charge is 0.268 e. The highest BCUT2D eigenvalue weighted by Gasteiger charge is 2.27. The molecule has 2 aliphatic rings. The van der Waals surface area contributed by atoms with Gasteiger partial charge in [-0.3, -0.25) is 14.2 Å². The minimum Gasteiger partial charge on any atom is -0.368 e. The van der Waals surface area contributed by atoms with Crippen molar-refractivity contribution in [1.29, 1.82) is 0 Å². The van der Waals surface area contributed by atoms with Crippen molar-refractivity contribution in [3.05, 3.63) is 46.4 Å². The van der Waals surface area contributed by atoms with Gasteiger partial charge in [-0.2, -0.15) is 0 Å². The summed E-state index contributed by atoms with van der Waals surface area (Å²) >= 11 is 3.01. The highest BCUT2D eigenvalue weighted by Crippen LogP contribution is 2.34. The number of nitrogens with zero attached hydrogens (tertiary/aromatic N) is 4. The average Bonchev–Trinajstić information content (AvgIpc) is 3.13. The SMILES string of the molecule is CCn1c(SCC(=O)N2CCN(c3ccccc3)CC2)nc2c(c1=O)S[C@H](C)C2. The monoisotopic (exact) mass is 430 g/mol. The van der Waals surface area contributed by atoms with Crippen LogP contribution in [0.3, 0.4) is 0 Å². The number of benzene rings is 1. The lowest BCUT2D eigenvalue weighted by molar-refractivity contribution is -0.128. The topological polar surface area (TPSA) is 58.4 Å². The number of hydrogen-bond donors (Lipinski definition) is 0. The van der Waals surface area contributed by atoms with E-state index in [2.05, 4.69) is 24.0 Å². The Kier molecular flexibility index (Phi) is 6.20. The van der Waals surface area contributed by atoms with Crippen LogP contribution in [0, 0.1) is 0 Å². The Balaban J connectivity index is 1.38. The maximum absolute atomic E-state index is 12.8. The first-order valence-corrected chi connectivity index (χ1v) is 11.9. The summed E-state index contributed by atoms with van der Waals surface area (Å²) in [4.78, 5) is 35.3. The number of anilines is 1. The molecule has 3 heterocycles. The fourth-order valence-electron chi connectivity index (χ4n) is 3.79. The van der Waals surface area contributed by atoms with E-state index in [0.717, 1.165) is 43.2 Å². The molecule has 1 fully saturated rings. The van der Waals surface area contributed by atoms with Crippen molar-refractivity contribution in [2.75, 3.05) is 36.8 Å². The summed E-state index contributed by atoms with van der Waals surface area (Å²) in [5.74, 6) is 0.432. The lowest BCUT2D eigenvalue weighted by atomic mass is 10.2. The van der Waals surface area contributed by atoms with Gasteiger partial charge in [0.05, 0.1) is 16.3 Å². The molecule has 8 heteroatoms. The lowest BCUT2D eigenvalue weighted by Gasteiger charge is -2.36. The summed E-state index contributed by atoms with van der Waals surface area (Å²) in [6, 6.07) is 10.3. The first kappa shape index (κ1) is 20.3. The van der Waals surface area contributed by atoms with Gasteiger partial charge in [0.15, 0.2) is 5.16 Å². The van der Waals surface area contributed by atoms with Gasteiger partial charge in [0.1, 0.15) is 0 Å². The largest absolute Gasteiger partial charge is 0.368 e. The Bertz CT molecular complexity index is 940. The van der Waals surface area contributed by atoms with Crippen LogP contribution in [-0.4, -0.2) is 57.5 Å². The zero-order valence-electron chi connectivity index (χ0n) is 16.8. The number of amides is 1. The maximum atomic E-state index is 12.8. The van der Waals surface area contributed by atoms with E-state index in [9.17, 15) is 9.59 Å². The molecule has 1 aromatic carbocycles. The first-order valence-electron chi connectivity index (χ1n) is 10.1. The number of hydrogen-bond acceptors (Lipinski definition) is 6. The van der Waals surface area contributed by atoms with Gasteiger partial charge in [-0.05, 0) is 19.1 Å². The van der Waals surface area contributed by atoms with E-state index in [-0.39, 0.29) is 11.5 Å². The summed E-state index contributed by atoms with van der Waals surface area (Å²) in [6.45, 7) is 7.76. The normalized spacial score (nSPS) is 18.8. The van der Waals surface area contributed by atoms with Crippen molar-refractivity contribution < 1.29 is 4.79 Å². The number of rotatable bonds is 5. The van der Waals surface area contributed by atoms with Crippen molar-refractivity contribution in [2.24, 2.45) is 0 Å². The van der Waals surface area contributed by atoms with Crippen LogP contribution in [0.2, 0.25) is 0 Å². The van der Waals surface area contributed by atoms with E-state index in [0.29, 0.717) is 22.7 Å². The van der Waals surface area contributed by atoms with Gasteiger partial charge in [0.25, 0.3) is 5.56 Å². The van der Waals surface area contributed by atoms with Crippen LogP contribution in [-0.2, 0) is 17.8 Å². The molecule has 0 aliphatic carbocycles. The number of carbonyl (C=O) groups is 1. The van der Waals surface area contributed by atoms with E-state index >= 15 is 0 Å². The molecule has 29 heavy (non-hydrogen) atoms. The van der Waals surface area contributed by atoms with Crippen molar-refractivity contribution >= 4 is 35.1 Å². The molecule has 1 atom stereocenters. The fourth-order valence-corrected chi connectivity index (χ4v) is 5.89. The fraction of sp³-hybridized carbons (Fsp3) is 0.476. The molecule has 0 N–H and O–H groups in total. The Hall–Kier alpha value is -1.93. The predicted molar refractivity (Wildman–Crippen MR) is 119 cm³/mol. The average molecular weight is 431 g/mol. The second kappa shape index (κ2) is 8.83. The molecule has 2 aromatic rings. The predicted octanol–water partition coefficient (Wildman–Crippen LogP) is 2.74. The van der Waals surface area contributed by atoms with Gasteiger partial charge < -0.3 is 9.80 Å².